The molecule has 21 heavy (non-hydrogen) atoms. The van der Waals surface area contributed by atoms with E-state index in [-0.39, 0.29) is 5.41 Å². The van der Waals surface area contributed by atoms with Crippen molar-refractivity contribution in [3.05, 3.63) is 42.0 Å². The van der Waals surface area contributed by atoms with Crippen molar-refractivity contribution < 1.29 is 14.8 Å². The zero-order valence-electron chi connectivity index (χ0n) is 13.9. The molecule has 0 saturated carbocycles. The molecule has 0 aliphatic heterocycles. The summed E-state index contributed by atoms with van der Waals surface area (Å²) < 4.78 is 11.5. The Morgan fingerprint density at radius 2 is 1.95 bits per heavy atom. The van der Waals surface area contributed by atoms with Gasteiger partial charge in [0, 0.05) is 0 Å². The lowest BCUT2D eigenvalue weighted by atomic mass is 9.85. The number of hydrogen-bond acceptors (Lipinski definition) is 2. The summed E-state index contributed by atoms with van der Waals surface area (Å²) in [4.78, 5) is 0. The van der Waals surface area contributed by atoms with Gasteiger partial charge in [-0.15, -0.1) is 0 Å². The minimum absolute atomic E-state index is 0.0852. The summed E-state index contributed by atoms with van der Waals surface area (Å²) >= 11 is 0. The van der Waals surface area contributed by atoms with Gasteiger partial charge in [0.05, 0.1) is 26.3 Å². The Morgan fingerprint density at radius 3 is 2.62 bits per heavy atom. The zero-order chi connectivity index (χ0) is 15.7. The molecular weight excluding hydrogens is 262 g/mol. The van der Waals surface area contributed by atoms with Crippen molar-refractivity contribution >= 4 is 0 Å². The normalized spacial score (nSPS) is 11.4. The molecule has 1 aromatic rings. The van der Waals surface area contributed by atoms with Gasteiger partial charge in [0.1, 0.15) is 12.4 Å². The highest BCUT2D eigenvalue weighted by Gasteiger charge is 2.19. The molecule has 0 aliphatic rings. The number of aryl methyl sites for hydroxylation is 1. The van der Waals surface area contributed by atoms with E-state index in [0.717, 1.165) is 25.4 Å². The van der Waals surface area contributed by atoms with Gasteiger partial charge in [0.15, 0.2) is 0 Å². The number of ether oxygens (including phenoxy) is 2. The van der Waals surface area contributed by atoms with Crippen LogP contribution in [0.3, 0.4) is 0 Å². The predicted molar refractivity (Wildman–Crippen MR) is 88.0 cm³/mol. The summed E-state index contributed by atoms with van der Waals surface area (Å²) in [5.41, 5.74) is 2.52. The first kappa shape index (κ1) is 17.7. The van der Waals surface area contributed by atoms with E-state index in [0.29, 0.717) is 13.2 Å². The SMILES string of the molecule is C=CC[NH2+]CCOCCOc1c(C)cccc1C(C)(C)C. The maximum absolute atomic E-state index is 5.97. The Balaban J connectivity index is 2.40. The summed E-state index contributed by atoms with van der Waals surface area (Å²) in [5, 5.41) is 2.17. The molecule has 0 aliphatic carbocycles. The monoisotopic (exact) mass is 292 g/mol. The number of rotatable bonds is 9. The molecule has 3 nitrogen and oxygen atoms in total. The fourth-order valence-electron chi connectivity index (χ4n) is 2.14. The lowest BCUT2D eigenvalue weighted by Gasteiger charge is -2.24. The molecule has 0 saturated heterocycles. The van der Waals surface area contributed by atoms with Gasteiger partial charge in [0.2, 0.25) is 0 Å². The van der Waals surface area contributed by atoms with Crippen LogP contribution in [0.2, 0.25) is 0 Å². The van der Waals surface area contributed by atoms with Crippen molar-refractivity contribution in [1.29, 1.82) is 0 Å². The molecule has 0 atom stereocenters. The molecule has 118 valence electrons. The van der Waals surface area contributed by atoms with E-state index in [1.54, 1.807) is 0 Å². The van der Waals surface area contributed by atoms with Crippen LogP contribution in [-0.4, -0.2) is 32.9 Å². The van der Waals surface area contributed by atoms with Crippen LogP contribution in [0.4, 0.5) is 0 Å². The first-order chi connectivity index (χ1) is 9.96. The van der Waals surface area contributed by atoms with E-state index < -0.39 is 0 Å². The van der Waals surface area contributed by atoms with Gasteiger partial charge in [-0.1, -0.05) is 45.5 Å². The van der Waals surface area contributed by atoms with Crippen LogP contribution < -0.4 is 10.1 Å². The van der Waals surface area contributed by atoms with E-state index in [1.807, 2.05) is 6.08 Å². The summed E-state index contributed by atoms with van der Waals surface area (Å²) in [6.45, 7) is 16.3. The Morgan fingerprint density at radius 1 is 1.19 bits per heavy atom. The van der Waals surface area contributed by atoms with E-state index in [1.165, 1.54) is 11.1 Å². The summed E-state index contributed by atoms with van der Waals surface area (Å²) in [7, 11) is 0. The van der Waals surface area contributed by atoms with Gasteiger partial charge >= 0.3 is 0 Å². The van der Waals surface area contributed by atoms with Crippen molar-refractivity contribution in [2.24, 2.45) is 0 Å². The molecule has 0 unspecified atom stereocenters. The molecule has 0 bridgehead atoms. The van der Waals surface area contributed by atoms with Crippen LogP contribution >= 0.6 is 0 Å². The third-order valence-electron chi connectivity index (χ3n) is 3.29. The number of quaternary nitrogens is 1. The molecule has 1 rings (SSSR count). The Hall–Kier alpha value is -1.32. The molecular formula is C18H30NO2+. The predicted octanol–water partition coefficient (Wildman–Crippen LogP) is 2.44. The molecule has 0 fully saturated rings. The molecule has 0 amide bonds. The van der Waals surface area contributed by atoms with E-state index in [2.05, 4.69) is 57.8 Å². The molecule has 0 aromatic heterocycles. The molecule has 0 spiro atoms. The summed E-state index contributed by atoms with van der Waals surface area (Å²) in [6, 6.07) is 6.33. The number of para-hydroxylation sites is 1. The van der Waals surface area contributed by atoms with Gasteiger partial charge < -0.3 is 14.8 Å². The van der Waals surface area contributed by atoms with Crippen LogP contribution in [0, 0.1) is 6.92 Å². The third-order valence-corrected chi connectivity index (χ3v) is 3.29. The van der Waals surface area contributed by atoms with Gasteiger partial charge in [0.25, 0.3) is 0 Å². The van der Waals surface area contributed by atoms with Gasteiger partial charge in [-0.2, -0.15) is 0 Å². The zero-order valence-corrected chi connectivity index (χ0v) is 13.9. The number of nitrogens with two attached hydrogens (primary N) is 1. The Bertz CT molecular complexity index is 435. The number of hydrogen-bond donors (Lipinski definition) is 1. The van der Waals surface area contributed by atoms with Crippen molar-refractivity contribution in [1.82, 2.24) is 0 Å². The smallest absolute Gasteiger partial charge is 0.126 e. The molecule has 0 heterocycles. The third kappa shape index (κ3) is 6.32. The standard InChI is InChI=1S/C18H29NO2/c1-6-10-19-11-12-20-13-14-21-17-15(2)8-7-9-16(17)18(3,4)5/h6-9,19H,1,10-14H2,2-5H3/p+1. The van der Waals surface area contributed by atoms with Crippen LogP contribution in [0.15, 0.2) is 30.9 Å². The second-order valence-corrected chi connectivity index (χ2v) is 6.26. The highest BCUT2D eigenvalue weighted by molar-refractivity contribution is 5.44. The van der Waals surface area contributed by atoms with Crippen molar-refractivity contribution in [2.45, 2.75) is 33.1 Å². The van der Waals surface area contributed by atoms with Crippen molar-refractivity contribution in [2.75, 3.05) is 32.9 Å². The van der Waals surface area contributed by atoms with E-state index in [9.17, 15) is 0 Å². The second-order valence-electron chi connectivity index (χ2n) is 6.26. The van der Waals surface area contributed by atoms with Crippen molar-refractivity contribution in [3.8, 4) is 5.75 Å². The topological polar surface area (TPSA) is 35.1 Å². The van der Waals surface area contributed by atoms with Gasteiger partial charge in [-0.25, -0.2) is 0 Å². The quantitative estimate of drug-likeness (QED) is 0.560. The molecule has 0 radical (unpaired) electrons. The second kappa shape index (κ2) is 8.85. The number of benzene rings is 1. The van der Waals surface area contributed by atoms with Crippen LogP contribution in [0.5, 0.6) is 5.75 Å². The maximum Gasteiger partial charge on any atom is 0.126 e. The van der Waals surface area contributed by atoms with Crippen LogP contribution in [0.1, 0.15) is 31.9 Å². The first-order valence-electron chi connectivity index (χ1n) is 7.70. The van der Waals surface area contributed by atoms with Gasteiger partial charge in [-0.3, -0.25) is 0 Å². The minimum Gasteiger partial charge on any atom is -0.491 e. The van der Waals surface area contributed by atoms with Gasteiger partial charge in [-0.05, 0) is 29.5 Å². The van der Waals surface area contributed by atoms with E-state index >= 15 is 0 Å². The lowest BCUT2D eigenvalue weighted by molar-refractivity contribution is -0.647. The average molecular weight is 292 g/mol. The average Bonchev–Trinajstić information content (AvgIpc) is 2.42. The Labute approximate surface area is 129 Å². The molecule has 1 aromatic carbocycles. The molecule has 3 heteroatoms. The van der Waals surface area contributed by atoms with E-state index in [4.69, 9.17) is 9.47 Å². The largest absolute Gasteiger partial charge is 0.491 e. The maximum atomic E-state index is 5.97. The lowest BCUT2D eigenvalue weighted by Crippen LogP contribution is -2.84. The molecule has 2 N–H and O–H groups in total. The first-order valence-corrected chi connectivity index (χ1v) is 7.70. The van der Waals surface area contributed by atoms with Crippen molar-refractivity contribution in [3.63, 3.8) is 0 Å². The fraction of sp³-hybridized carbons (Fsp3) is 0.556. The van der Waals surface area contributed by atoms with Crippen LogP contribution in [0.25, 0.3) is 0 Å². The fourth-order valence-corrected chi connectivity index (χ4v) is 2.14. The highest BCUT2D eigenvalue weighted by Crippen LogP contribution is 2.33. The highest BCUT2D eigenvalue weighted by atomic mass is 16.5. The Kier molecular flexibility index (Phi) is 7.48. The summed E-state index contributed by atoms with van der Waals surface area (Å²) in [5.74, 6) is 1.01. The minimum atomic E-state index is 0.0852. The summed E-state index contributed by atoms with van der Waals surface area (Å²) in [6.07, 6.45) is 1.90. The van der Waals surface area contributed by atoms with Crippen LogP contribution in [-0.2, 0) is 10.2 Å².